The van der Waals surface area contributed by atoms with E-state index in [1.165, 1.54) is 6.92 Å². The van der Waals surface area contributed by atoms with E-state index in [4.69, 9.17) is 4.52 Å². The van der Waals surface area contributed by atoms with Crippen molar-refractivity contribution in [3.63, 3.8) is 0 Å². The molecule has 0 aliphatic heterocycles. The molecule has 5 heteroatoms. The van der Waals surface area contributed by atoms with Crippen molar-refractivity contribution < 1.29 is 14.3 Å². The highest BCUT2D eigenvalue weighted by Crippen LogP contribution is 2.26. The Morgan fingerprint density at radius 3 is 2.74 bits per heavy atom. The van der Waals surface area contributed by atoms with Crippen LogP contribution in [-0.4, -0.2) is 11.2 Å². The first-order chi connectivity index (χ1) is 9.22. The second-order valence-electron chi connectivity index (χ2n) is 4.30. The van der Waals surface area contributed by atoms with E-state index in [-0.39, 0.29) is 11.8 Å². The monoisotopic (exact) mass is 259 g/mol. The fraction of sp³-hybridized carbons (Fsp3) is 0.357. The topological polar surface area (TPSA) is 65.3 Å². The van der Waals surface area contributed by atoms with Gasteiger partial charge in [-0.2, -0.15) is 0 Å². The third-order valence-corrected chi connectivity index (χ3v) is 2.72. The van der Waals surface area contributed by atoms with E-state index >= 15 is 0 Å². The minimum atomic E-state index is -0.295. The highest BCUT2D eigenvalue weighted by Gasteiger charge is 2.25. The van der Waals surface area contributed by atoms with Gasteiger partial charge in [0.25, 0.3) is 0 Å². The smallest absolute Gasteiger partial charge is 0.328 e. The largest absolute Gasteiger partial charge is 0.862 e. The van der Waals surface area contributed by atoms with Crippen LogP contribution >= 0.6 is 0 Å². The molecule has 0 unspecified atom stereocenters. The lowest BCUT2D eigenvalue weighted by Crippen LogP contribution is -2.37. The van der Waals surface area contributed by atoms with Crippen LogP contribution in [0.2, 0.25) is 0 Å². The lowest BCUT2D eigenvalue weighted by Gasteiger charge is -1.99. The lowest BCUT2D eigenvalue weighted by molar-refractivity contribution is -0.753. The van der Waals surface area contributed by atoms with Gasteiger partial charge in [-0.1, -0.05) is 31.5 Å². The molecule has 0 aliphatic rings. The quantitative estimate of drug-likeness (QED) is 0.467. The van der Waals surface area contributed by atoms with Gasteiger partial charge in [0.2, 0.25) is 5.27 Å². The average molecular weight is 259 g/mol. The number of hydrogen-bond donors (Lipinski definition) is 0. The molecule has 2 rings (SSSR count). The predicted molar refractivity (Wildman–Crippen MR) is 69.8 cm³/mol. The number of aliphatic imine (C=N–C) groups is 1. The molecule has 0 saturated heterocycles. The lowest BCUT2D eigenvalue weighted by atomic mass is 10.1. The van der Waals surface area contributed by atoms with Gasteiger partial charge in [-0.25, -0.2) is 4.99 Å². The molecule has 0 radical (unpaired) electrons. The van der Waals surface area contributed by atoms with E-state index in [2.05, 4.69) is 17.2 Å². The van der Waals surface area contributed by atoms with Crippen molar-refractivity contribution in [3.8, 4) is 11.3 Å². The molecule has 0 atom stereocenters. The van der Waals surface area contributed by atoms with Gasteiger partial charge in [-0.3, -0.25) is 4.52 Å². The minimum Gasteiger partial charge on any atom is -0.862 e. The third kappa shape index (κ3) is 3.19. The fourth-order valence-electron chi connectivity index (χ4n) is 1.83. The van der Waals surface area contributed by atoms with Crippen LogP contribution in [0, 0.1) is 0 Å². The molecule has 0 fully saturated rings. The number of hydrogen-bond acceptors (Lipinski definition) is 4. The summed E-state index contributed by atoms with van der Waals surface area (Å²) in [5.41, 5.74) is 1.70. The molecule has 0 spiro atoms. The zero-order chi connectivity index (χ0) is 13.7. The zero-order valence-corrected chi connectivity index (χ0v) is 11.2. The van der Waals surface area contributed by atoms with Gasteiger partial charge in [0.1, 0.15) is 0 Å². The van der Waals surface area contributed by atoms with Crippen molar-refractivity contribution in [3.05, 3.63) is 30.3 Å². The highest BCUT2D eigenvalue weighted by molar-refractivity contribution is 5.75. The first-order valence-electron chi connectivity index (χ1n) is 6.40. The predicted octanol–water partition coefficient (Wildman–Crippen LogP) is 1.84. The van der Waals surface area contributed by atoms with Crippen LogP contribution in [0.1, 0.15) is 26.7 Å². The molecule has 0 N–H and O–H groups in total. The van der Waals surface area contributed by atoms with Crippen molar-refractivity contribution in [1.29, 1.82) is 0 Å². The van der Waals surface area contributed by atoms with E-state index in [1.807, 2.05) is 30.3 Å². The Bertz CT molecular complexity index is 557. The number of nitrogens with zero attached hydrogens (tertiary/aromatic N) is 3. The molecule has 100 valence electrons. The van der Waals surface area contributed by atoms with E-state index in [0.29, 0.717) is 0 Å². The molecule has 2 aromatic rings. The van der Waals surface area contributed by atoms with Gasteiger partial charge in [0.15, 0.2) is 6.54 Å². The Morgan fingerprint density at radius 2 is 2.11 bits per heavy atom. The van der Waals surface area contributed by atoms with Gasteiger partial charge in [-0.05, 0) is 29.6 Å². The van der Waals surface area contributed by atoms with Gasteiger partial charge in [-0.15, -0.1) is 0 Å². The molecule has 1 heterocycles. The highest BCUT2D eigenvalue weighted by atomic mass is 16.5. The Morgan fingerprint density at radius 1 is 1.37 bits per heavy atom. The maximum atomic E-state index is 11.2. The summed E-state index contributed by atoms with van der Waals surface area (Å²) in [4.78, 5) is 3.88. The molecule has 1 aromatic carbocycles. The maximum absolute atomic E-state index is 11.2. The van der Waals surface area contributed by atoms with Crippen LogP contribution < -0.4 is 9.79 Å². The maximum Gasteiger partial charge on any atom is 0.328 e. The molecular weight excluding hydrogens is 242 g/mol. The second kappa shape index (κ2) is 6.13. The molecule has 0 saturated carbocycles. The van der Waals surface area contributed by atoms with Gasteiger partial charge in [0, 0.05) is 6.42 Å². The van der Waals surface area contributed by atoms with E-state index in [9.17, 15) is 5.11 Å². The molecule has 0 bridgehead atoms. The number of rotatable bonds is 5. The van der Waals surface area contributed by atoms with Crippen molar-refractivity contribution in [2.75, 3.05) is 0 Å². The summed E-state index contributed by atoms with van der Waals surface area (Å²) in [6, 6.07) is 9.71. The Labute approximate surface area is 112 Å². The number of benzene rings is 1. The van der Waals surface area contributed by atoms with Crippen LogP contribution in [0.5, 0.6) is 0 Å². The van der Waals surface area contributed by atoms with Crippen molar-refractivity contribution in [2.45, 2.75) is 33.2 Å². The Hall–Kier alpha value is -2.17. The van der Waals surface area contributed by atoms with E-state index in [0.717, 1.165) is 30.6 Å². The van der Waals surface area contributed by atoms with Gasteiger partial charge >= 0.3 is 11.6 Å². The standard InChI is InChI=1S/C14H17N3O2/c1-3-4-10-17-13(12-8-6-5-7-9-12)14(19-16-17)15-11(2)18/h5-9H,3-4,10H2,1-2H3. The first kappa shape index (κ1) is 13.3. The summed E-state index contributed by atoms with van der Waals surface area (Å²) < 4.78 is 6.95. The van der Waals surface area contributed by atoms with Gasteiger partial charge in [0.05, 0.1) is 5.56 Å². The molecular formula is C14H17N3O2. The Balaban J connectivity index is 2.47. The number of unbranched alkanes of at least 4 members (excludes halogenated alkanes) is 1. The first-order valence-corrected chi connectivity index (χ1v) is 6.40. The average Bonchev–Trinajstić information content (AvgIpc) is 2.79. The van der Waals surface area contributed by atoms with Crippen LogP contribution in [0.25, 0.3) is 11.3 Å². The third-order valence-electron chi connectivity index (χ3n) is 2.72. The molecule has 19 heavy (non-hydrogen) atoms. The molecule has 1 aromatic heterocycles. The van der Waals surface area contributed by atoms with Crippen LogP contribution in [0.3, 0.4) is 0 Å². The Kier molecular flexibility index (Phi) is 4.28. The van der Waals surface area contributed by atoms with Crippen LogP contribution in [0.4, 0.5) is 5.88 Å². The summed E-state index contributed by atoms with van der Waals surface area (Å²) >= 11 is 0. The molecule has 5 nitrogen and oxygen atoms in total. The number of aryl methyl sites for hydroxylation is 1. The SMILES string of the molecule is CCCC[n+]1noc(N=C(C)[O-])c1-c1ccccc1. The van der Waals surface area contributed by atoms with Crippen molar-refractivity contribution in [1.82, 2.24) is 5.27 Å². The second-order valence-corrected chi connectivity index (χ2v) is 4.30. The fourth-order valence-corrected chi connectivity index (χ4v) is 1.83. The normalized spacial score (nSPS) is 11.8. The van der Waals surface area contributed by atoms with E-state index < -0.39 is 0 Å². The van der Waals surface area contributed by atoms with E-state index in [1.54, 1.807) is 4.68 Å². The van der Waals surface area contributed by atoms with Gasteiger partial charge < -0.3 is 5.11 Å². The zero-order valence-electron chi connectivity index (χ0n) is 11.2. The summed E-state index contributed by atoms with van der Waals surface area (Å²) in [5.74, 6) is -0.0224. The molecule has 0 amide bonds. The summed E-state index contributed by atoms with van der Waals surface area (Å²) in [6.45, 7) is 4.26. The minimum absolute atomic E-state index is 0.273. The summed E-state index contributed by atoms with van der Waals surface area (Å²) in [6.07, 6.45) is 2.06. The van der Waals surface area contributed by atoms with Crippen LogP contribution in [0.15, 0.2) is 39.8 Å². The summed E-state index contributed by atoms with van der Waals surface area (Å²) in [5, 5.41) is 15.1. The van der Waals surface area contributed by atoms with Crippen molar-refractivity contribution in [2.24, 2.45) is 4.99 Å². The molecule has 0 aliphatic carbocycles. The van der Waals surface area contributed by atoms with Crippen LogP contribution in [-0.2, 0) is 6.54 Å². The van der Waals surface area contributed by atoms with Crippen molar-refractivity contribution >= 4 is 11.8 Å². The summed E-state index contributed by atoms with van der Waals surface area (Å²) in [7, 11) is 0. The number of aromatic nitrogens is 2.